The van der Waals surface area contributed by atoms with Crippen LogP contribution >= 0.6 is 0 Å². The molecule has 4 rings (SSSR count). The highest BCUT2D eigenvalue weighted by atomic mass is 16.5. The zero-order valence-electron chi connectivity index (χ0n) is 20.1. The van der Waals surface area contributed by atoms with Crippen molar-refractivity contribution < 1.29 is 24.5 Å². The number of aliphatic carboxylic acids is 2. The molecule has 190 valence electrons. The third-order valence-electron chi connectivity index (χ3n) is 6.37. The number of benzene rings is 1. The highest BCUT2D eigenvalue weighted by Crippen LogP contribution is 2.26. The second-order valence-electron chi connectivity index (χ2n) is 9.03. The Morgan fingerprint density at radius 3 is 2.47 bits per heavy atom. The molecule has 1 aliphatic rings. The van der Waals surface area contributed by atoms with Crippen molar-refractivity contribution in [3.63, 3.8) is 0 Å². The van der Waals surface area contributed by atoms with Crippen LogP contribution in [-0.4, -0.2) is 69.1 Å². The van der Waals surface area contributed by atoms with Crippen molar-refractivity contribution in [2.45, 2.75) is 57.3 Å². The number of H-pyrrole nitrogens is 1. The fraction of sp³-hybridized carbons (Fsp3) is 0.423. The van der Waals surface area contributed by atoms with Gasteiger partial charge in [-0.15, -0.1) is 0 Å². The van der Waals surface area contributed by atoms with E-state index in [0.29, 0.717) is 19.4 Å². The summed E-state index contributed by atoms with van der Waals surface area (Å²) in [6, 6.07) is 9.99. The highest BCUT2D eigenvalue weighted by Gasteiger charge is 2.24. The van der Waals surface area contributed by atoms with Crippen LogP contribution in [0.3, 0.4) is 0 Å². The molecular formula is C26H31N5O5. The smallest absolute Gasteiger partial charge is 0.303 e. The molecule has 3 heterocycles. The Labute approximate surface area is 209 Å². The Bertz CT molecular complexity index is 1180. The second-order valence-corrected chi connectivity index (χ2v) is 9.03. The largest absolute Gasteiger partial charge is 0.481 e. The minimum absolute atomic E-state index is 0.0233. The number of aliphatic imine (C=N–C) groups is 1. The van der Waals surface area contributed by atoms with E-state index < -0.39 is 11.9 Å². The number of rotatable bonds is 12. The fourth-order valence-corrected chi connectivity index (χ4v) is 4.48. The lowest BCUT2D eigenvalue weighted by molar-refractivity contribution is -0.139. The molecule has 0 saturated carbocycles. The number of piperidine rings is 1. The monoisotopic (exact) mass is 493 g/mol. The quantitative estimate of drug-likeness (QED) is 0.323. The molecule has 1 aromatic carbocycles. The van der Waals surface area contributed by atoms with Gasteiger partial charge in [0.1, 0.15) is 11.6 Å². The van der Waals surface area contributed by atoms with Gasteiger partial charge in [-0.2, -0.15) is 0 Å². The van der Waals surface area contributed by atoms with Crippen molar-refractivity contribution in [1.29, 1.82) is 0 Å². The maximum atomic E-state index is 10.9. The van der Waals surface area contributed by atoms with Gasteiger partial charge < -0.3 is 24.8 Å². The van der Waals surface area contributed by atoms with E-state index >= 15 is 0 Å². The van der Waals surface area contributed by atoms with E-state index in [0.717, 1.165) is 59.7 Å². The number of pyridine rings is 1. The summed E-state index contributed by atoms with van der Waals surface area (Å²) in [6.07, 6.45) is 3.55. The average Bonchev–Trinajstić information content (AvgIpc) is 3.30. The molecule has 2 aromatic heterocycles. The van der Waals surface area contributed by atoms with Gasteiger partial charge >= 0.3 is 11.9 Å². The summed E-state index contributed by atoms with van der Waals surface area (Å²) >= 11 is 0. The number of carboxylic acid groups (broad SMARTS) is 2. The molecule has 1 saturated heterocycles. The molecule has 0 radical (unpaired) electrons. The number of hydrogen-bond acceptors (Lipinski definition) is 7. The molecule has 3 N–H and O–H groups in total. The van der Waals surface area contributed by atoms with Crippen molar-refractivity contribution in [2.24, 2.45) is 4.99 Å². The number of aromatic amines is 1. The predicted molar refractivity (Wildman–Crippen MR) is 136 cm³/mol. The van der Waals surface area contributed by atoms with E-state index in [2.05, 4.69) is 31.6 Å². The zero-order valence-corrected chi connectivity index (χ0v) is 20.1. The van der Waals surface area contributed by atoms with Gasteiger partial charge in [-0.05, 0) is 62.2 Å². The molecule has 0 spiro atoms. The number of anilines is 1. The topological polar surface area (TPSA) is 141 Å². The molecule has 1 aliphatic heterocycles. The Morgan fingerprint density at radius 1 is 1.14 bits per heavy atom. The van der Waals surface area contributed by atoms with Crippen molar-refractivity contribution in [2.75, 3.05) is 18.0 Å². The van der Waals surface area contributed by atoms with Gasteiger partial charge in [0.2, 0.25) is 0 Å². The molecule has 0 atom stereocenters. The number of aromatic nitrogens is 3. The van der Waals surface area contributed by atoms with Gasteiger partial charge in [-0.3, -0.25) is 14.6 Å². The fourth-order valence-electron chi connectivity index (χ4n) is 4.48. The third kappa shape index (κ3) is 6.66. The number of ether oxygens (including phenoxy) is 1. The number of nitrogens with one attached hydrogen (secondary N) is 1. The standard InChI is InChI=1S/C26H31N5O5/c1-27-15-17-2-6-21-22(14-17)30-26(29-21)18-3-7-23(28-16-18)31-12-10-20(11-13-31)36-19(4-8-24(32)33)5-9-25(34)35/h2-3,6-7,14,16,19-20H,1,4-5,8-13,15H2,(H,29,30)(H,32,33)(H,34,35). The summed E-state index contributed by atoms with van der Waals surface area (Å²) in [5.41, 5.74) is 3.80. The number of hydrogen-bond donors (Lipinski definition) is 3. The lowest BCUT2D eigenvalue weighted by Gasteiger charge is -2.34. The van der Waals surface area contributed by atoms with Gasteiger partial charge in [0, 0.05) is 37.7 Å². The maximum Gasteiger partial charge on any atom is 0.303 e. The first-order valence-electron chi connectivity index (χ1n) is 12.1. The Balaban J connectivity index is 1.33. The summed E-state index contributed by atoms with van der Waals surface area (Å²) in [5, 5.41) is 17.9. The summed E-state index contributed by atoms with van der Waals surface area (Å²) in [4.78, 5) is 40.7. The summed E-state index contributed by atoms with van der Waals surface area (Å²) in [7, 11) is 0. The van der Waals surface area contributed by atoms with Gasteiger partial charge in [0.25, 0.3) is 0 Å². The van der Waals surface area contributed by atoms with E-state index in [-0.39, 0.29) is 25.0 Å². The van der Waals surface area contributed by atoms with Crippen LogP contribution in [0.25, 0.3) is 22.4 Å². The van der Waals surface area contributed by atoms with Crippen LogP contribution < -0.4 is 4.90 Å². The minimum atomic E-state index is -0.902. The van der Waals surface area contributed by atoms with Crippen molar-refractivity contribution in [3.8, 4) is 11.4 Å². The SMILES string of the molecule is C=NCc1ccc2nc(-c3ccc(N4CCC(OC(CCC(=O)O)CCC(=O)O)CC4)nc3)[nH]c2c1. The lowest BCUT2D eigenvalue weighted by atomic mass is 10.0. The van der Waals surface area contributed by atoms with E-state index in [1.54, 1.807) is 0 Å². The van der Waals surface area contributed by atoms with Crippen LogP contribution in [0.5, 0.6) is 0 Å². The van der Waals surface area contributed by atoms with Gasteiger partial charge in [-0.25, -0.2) is 9.97 Å². The Hall–Kier alpha value is -3.79. The van der Waals surface area contributed by atoms with Crippen molar-refractivity contribution in [1.82, 2.24) is 15.0 Å². The molecule has 0 bridgehead atoms. The normalized spacial score (nSPS) is 14.4. The number of imidazole rings is 1. The number of nitrogens with zero attached hydrogens (tertiary/aromatic N) is 4. The maximum absolute atomic E-state index is 10.9. The third-order valence-corrected chi connectivity index (χ3v) is 6.37. The summed E-state index contributed by atoms with van der Waals surface area (Å²) < 4.78 is 6.11. The summed E-state index contributed by atoms with van der Waals surface area (Å²) in [5.74, 6) is -0.170. The molecule has 3 aromatic rings. The molecule has 10 heteroatoms. The first-order valence-corrected chi connectivity index (χ1v) is 12.1. The van der Waals surface area contributed by atoms with Gasteiger partial charge in [-0.1, -0.05) is 6.07 Å². The second kappa shape index (κ2) is 11.8. The van der Waals surface area contributed by atoms with Crippen LogP contribution in [0.15, 0.2) is 41.5 Å². The predicted octanol–water partition coefficient (Wildman–Crippen LogP) is 3.91. The van der Waals surface area contributed by atoms with Crippen LogP contribution in [0, 0.1) is 0 Å². The molecule has 36 heavy (non-hydrogen) atoms. The molecular weight excluding hydrogens is 462 g/mol. The molecule has 0 unspecified atom stereocenters. The number of fused-ring (bicyclic) bond motifs is 1. The number of carboxylic acids is 2. The average molecular weight is 494 g/mol. The summed E-state index contributed by atoms with van der Waals surface area (Å²) in [6.45, 7) is 5.62. The van der Waals surface area contributed by atoms with E-state index in [4.69, 9.17) is 14.9 Å². The van der Waals surface area contributed by atoms with Crippen molar-refractivity contribution in [3.05, 3.63) is 42.1 Å². The minimum Gasteiger partial charge on any atom is -0.481 e. The molecule has 0 amide bonds. The van der Waals surface area contributed by atoms with E-state index in [1.807, 2.05) is 36.5 Å². The van der Waals surface area contributed by atoms with E-state index in [1.165, 1.54) is 0 Å². The number of carbonyl (C=O) groups is 2. The molecule has 0 aliphatic carbocycles. The van der Waals surface area contributed by atoms with Crippen LogP contribution in [-0.2, 0) is 20.9 Å². The lowest BCUT2D eigenvalue weighted by Crippen LogP contribution is -2.39. The Kier molecular flexibility index (Phi) is 8.27. The van der Waals surface area contributed by atoms with Gasteiger partial charge in [0.05, 0.1) is 29.8 Å². The van der Waals surface area contributed by atoms with Crippen LogP contribution in [0.1, 0.15) is 44.1 Å². The van der Waals surface area contributed by atoms with E-state index in [9.17, 15) is 9.59 Å². The first-order chi connectivity index (χ1) is 17.4. The van der Waals surface area contributed by atoms with Gasteiger partial charge in [0.15, 0.2) is 0 Å². The van der Waals surface area contributed by atoms with Crippen LogP contribution in [0.2, 0.25) is 0 Å². The van der Waals surface area contributed by atoms with Crippen LogP contribution in [0.4, 0.5) is 5.82 Å². The zero-order chi connectivity index (χ0) is 25.5. The molecule has 1 fully saturated rings. The molecule has 10 nitrogen and oxygen atoms in total. The first kappa shape index (κ1) is 25.3. The van der Waals surface area contributed by atoms with Crippen molar-refractivity contribution >= 4 is 35.5 Å². The highest BCUT2D eigenvalue weighted by molar-refractivity contribution is 5.80. The Morgan fingerprint density at radius 2 is 1.86 bits per heavy atom.